The van der Waals surface area contributed by atoms with E-state index in [0.29, 0.717) is 36.0 Å². The summed E-state index contributed by atoms with van der Waals surface area (Å²) in [5.41, 5.74) is 0.685. The lowest BCUT2D eigenvalue weighted by atomic mass is 10.1. The van der Waals surface area contributed by atoms with Crippen molar-refractivity contribution >= 4 is 17.5 Å². The van der Waals surface area contributed by atoms with Crippen LogP contribution in [-0.4, -0.2) is 44.5 Å². The lowest BCUT2D eigenvalue weighted by Gasteiger charge is -2.22. The second-order valence-corrected chi connectivity index (χ2v) is 6.19. The zero-order chi connectivity index (χ0) is 18.7. The van der Waals surface area contributed by atoms with Gasteiger partial charge in [0.2, 0.25) is 11.8 Å². The Morgan fingerprint density at radius 2 is 2.04 bits per heavy atom. The summed E-state index contributed by atoms with van der Waals surface area (Å²) in [7, 11) is 4.80. The first-order valence-corrected chi connectivity index (χ1v) is 8.33. The number of likely N-dealkylation sites (tertiary alicyclic amines) is 1. The number of carbonyl (C=O) groups excluding carboxylic acids is 2. The largest absolute Gasteiger partial charge is 0.493 e. The minimum absolute atomic E-state index is 0.0412. The SMILES string of the molecule is COc1ccc(N(C)C(=O)C2CC(=O)N(Cc3ccco3)C2)cc1OC. The molecule has 3 rings (SSSR count). The zero-order valence-corrected chi connectivity index (χ0v) is 15.1. The molecule has 1 aromatic carbocycles. The maximum Gasteiger partial charge on any atom is 0.232 e. The zero-order valence-electron chi connectivity index (χ0n) is 15.1. The summed E-state index contributed by atoms with van der Waals surface area (Å²) >= 11 is 0. The van der Waals surface area contributed by atoms with Crippen LogP contribution in [0.2, 0.25) is 0 Å². The van der Waals surface area contributed by atoms with E-state index in [9.17, 15) is 9.59 Å². The summed E-state index contributed by atoms with van der Waals surface area (Å²) in [4.78, 5) is 28.3. The van der Waals surface area contributed by atoms with Crippen molar-refractivity contribution in [3.05, 3.63) is 42.4 Å². The van der Waals surface area contributed by atoms with Crippen LogP contribution in [0.3, 0.4) is 0 Å². The van der Waals surface area contributed by atoms with Gasteiger partial charge in [-0.15, -0.1) is 0 Å². The van der Waals surface area contributed by atoms with Gasteiger partial charge >= 0.3 is 0 Å². The molecule has 0 N–H and O–H groups in total. The van der Waals surface area contributed by atoms with E-state index in [1.807, 2.05) is 6.07 Å². The number of rotatable bonds is 6. The summed E-state index contributed by atoms with van der Waals surface area (Å²) in [5, 5.41) is 0. The Hall–Kier alpha value is -2.96. The topological polar surface area (TPSA) is 72.2 Å². The van der Waals surface area contributed by atoms with E-state index in [1.165, 1.54) is 0 Å². The van der Waals surface area contributed by atoms with Gasteiger partial charge in [-0.25, -0.2) is 0 Å². The Morgan fingerprint density at radius 3 is 2.69 bits per heavy atom. The molecule has 1 unspecified atom stereocenters. The highest BCUT2D eigenvalue weighted by Crippen LogP contribution is 2.32. The van der Waals surface area contributed by atoms with E-state index < -0.39 is 0 Å². The van der Waals surface area contributed by atoms with Gasteiger partial charge in [-0.3, -0.25) is 9.59 Å². The van der Waals surface area contributed by atoms with Crippen molar-refractivity contribution in [3.8, 4) is 11.5 Å². The summed E-state index contributed by atoms with van der Waals surface area (Å²) < 4.78 is 15.8. The Balaban J connectivity index is 1.70. The van der Waals surface area contributed by atoms with Gasteiger partial charge in [-0.05, 0) is 24.3 Å². The molecule has 0 aliphatic carbocycles. The van der Waals surface area contributed by atoms with Crippen molar-refractivity contribution in [1.29, 1.82) is 0 Å². The number of carbonyl (C=O) groups is 2. The molecule has 0 radical (unpaired) electrons. The quantitative estimate of drug-likeness (QED) is 0.792. The molecule has 2 aromatic rings. The predicted molar refractivity (Wildman–Crippen MR) is 95.2 cm³/mol. The van der Waals surface area contributed by atoms with Crippen LogP contribution >= 0.6 is 0 Å². The van der Waals surface area contributed by atoms with Crippen LogP contribution in [-0.2, 0) is 16.1 Å². The third-order valence-electron chi connectivity index (χ3n) is 4.58. The summed E-state index contributed by atoms with van der Waals surface area (Å²) in [6, 6.07) is 8.88. The van der Waals surface area contributed by atoms with Crippen molar-refractivity contribution in [2.24, 2.45) is 5.92 Å². The van der Waals surface area contributed by atoms with E-state index in [1.54, 1.807) is 61.6 Å². The molecule has 2 amide bonds. The standard InChI is InChI=1S/C19H22N2O5/c1-20(14-6-7-16(24-2)17(10-14)25-3)19(23)13-9-18(22)21(11-13)12-15-5-4-8-26-15/h4-8,10,13H,9,11-12H2,1-3H3. The summed E-state index contributed by atoms with van der Waals surface area (Å²) in [6.07, 6.45) is 1.78. The molecule has 0 saturated carbocycles. The van der Waals surface area contributed by atoms with Crippen LogP contribution < -0.4 is 14.4 Å². The average molecular weight is 358 g/mol. The number of ether oxygens (including phenoxy) is 2. The molecule has 26 heavy (non-hydrogen) atoms. The fraction of sp³-hybridized carbons (Fsp3) is 0.368. The Kier molecular flexibility index (Phi) is 5.16. The molecule has 0 spiro atoms. The number of hydrogen-bond acceptors (Lipinski definition) is 5. The van der Waals surface area contributed by atoms with Crippen molar-refractivity contribution in [3.63, 3.8) is 0 Å². The lowest BCUT2D eigenvalue weighted by Crippen LogP contribution is -2.34. The molecule has 138 valence electrons. The highest BCUT2D eigenvalue weighted by Gasteiger charge is 2.36. The number of hydrogen-bond donors (Lipinski definition) is 0. The van der Waals surface area contributed by atoms with Gasteiger partial charge < -0.3 is 23.7 Å². The first kappa shape index (κ1) is 17.8. The first-order chi connectivity index (χ1) is 12.5. The normalized spacial score (nSPS) is 16.7. The third-order valence-corrected chi connectivity index (χ3v) is 4.58. The molecule has 1 aliphatic heterocycles. The van der Waals surface area contributed by atoms with E-state index >= 15 is 0 Å². The van der Waals surface area contributed by atoms with Gasteiger partial charge in [0.05, 0.1) is 32.9 Å². The number of anilines is 1. The maximum absolute atomic E-state index is 12.8. The molecular formula is C19H22N2O5. The van der Waals surface area contributed by atoms with Crippen LogP contribution in [0.15, 0.2) is 41.0 Å². The van der Waals surface area contributed by atoms with Crippen LogP contribution in [0.4, 0.5) is 5.69 Å². The Bertz CT molecular complexity index is 787. The highest BCUT2D eigenvalue weighted by atomic mass is 16.5. The van der Waals surface area contributed by atoms with Gasteiger partial charge in [-0.1, -0.05) is 0 Å². The minimum atomic E-state index is -0.379. The highest BCUT2D eigenvalue weighted by molar-refractivity contribution is 5.98. The third kappa shape index (κ3) is 3.51. The first-order valence-electron chi connectivity index (χ1n) is 8.33. The maximum atomic E-state index is 12.8. The average Bonchev–Trinajstić information content (AvgIpc) is 3.30. The molecular weight excluding hydrogens is 336 g/mol. The number of methoxy groups -OCH3 is 2. The van der Waals surface area contributed by atoms with Gasteiger partial charge in [0.15, 0.2) is 11.5 Å². The molecule has 1 saturated heterocycles. The van der Waals surface area contributed by atoms with Crippen molar-refractivity contribution in [2.45, 2.75) is 13.0 Å². The lowest BCUT2D eigenvalue weighted by molar-refractivity contribution is -0.129. The number of nitrogens with zero attached hydrogens (tertiary/aromatic N) is 2. The fourth-order valence-corrected chi connectivity index (χ4v) is 3.12. The molecule has 1 aromatic heterocycles. The monoisotopic (exact) mass is 358 g/mol. The van der Waals surface area contributed by atoms with Crippen LogP contribution in [0.5, 0.6) is 11.5 Å². The Morgan fingerprint density at radius 1 is 1.27 bits per heavy atom. The predicted octanol–water partition coefficient (Wildman–Crippen LogP) is 2.31. The van der Waals surface area contributed by atoms with Gasteiger partial charge in [0.1, 0.15) is 5.76 Å². The summed E-state index contributed by atoms with van der Waals surface area (Å²) in [6.45, 7) is 0.770. The Labute approximate surface area is 152 Å². The molecule has 2 heterocycles. The number of benzene rings is 1. The van der Waals surface area contributed by atoms with Crippen LogP contribution in [0.25, 0.3) is 0 Å². The molecule has 7 nitrogen and oxygen atoms in total. The fourth-order valence-electron chi connectivity index (χ4n) is 3.12. The molecule has 1 atom stereocenters. The molecule has 1 aliphatic rings. The number of amides is 2. The van der Waals surface area contributed by atoms with Gasteiger partial charge in [0.25, 0.3) is 0 Å². The van der Waals surface area contributed by atoms with E-state index in [2.05, 4.69) is 0 Å². The van der Waals surface area contributed by atoms with Gasteiger partial charge in [0, 0.05) is 31.8 Å². The summed E-state index contributed by atoms with van der Waals surface area (Å²) in [5.74, 6) is 1.33. The van der Waals surface area contributed by atoms with Crippen LogP contribution in [0.1, 0.15) is 12.2 Å². The minimum Gasteiger partial charge on any atom is -0.493 e. The smallest absolute Gasteiger partial charge is 0.232 e. The molecule has 7 heteroatoms. The molecule has 0 bridgehead atoms. The van der Waals surface area contributed by atoms with E-state index in [0.717, 1.165) is 0 Å². The van der Waals surface area contributed by atoms with Crippen molar-refractivity contribution in [1.82, 2.24) is 4.90 Å². The van der Waals surface area contributed by atoms with Crippen molar-refractivity contribution < 1.29 is 23.5 Å². The van der Waals surface area contributed by atoms with Crippen molar-refractivity contribution in [2.75, 3.05) is 32.7 Å². The number of furan rings is 1. The van der Waals surface area contributed by atoms with Gasteiger partial charge in [-0.2, -0.15) is 0 Å². The second kappa shape index (κ2) is 7.51. The second-order valence-electron chi connectivity index (χ2n) is 6.19. The van der Waals surface area contributed by atoms with Crippen LogP contribution in [0, 0.1) is 5.92 Å². The molecule has 1 fully saturated rings. The van der Waals surface area contributed by atoms with E-state index in [-0.39, 0.29) is 24.2 Å². The van der Waals surface area contributed by atoms with E-state index in [4.69, 9.17) is 13.9 Å².